The maximum Gasteiger partial charge on any atom is 0.126 e. The van der Waals surface area contributed by atoms with Crippen molar-refractivity contribution in [1.29, 1.82) is 0 Å². The van der Waals surface area contributed by atoms with E-state index in [4.69, 9.17) is 0 Å². The SMILES string of the molecule is CSc1ccc(NCc2cccn2C)nc1. The maximum atomic E-state index is 4.34. The second kappa shape index (κ2) is 5.07. The number of hydrogen-bond acceptors (Lipinski definition) is 3. The van der Waals surface area contributed by atoms with Gasteiger partial charge in [-0.25, -0.2) is 4.98 Å². The summed E-state index contributed by atoms with van der Waals surface area (Å²) in [5.41, 5.74) is 1.25. The molecule has 3 nitrogen and oxygen atoms in total. The summed E-state index contributed by atoms with van der Waals surface area (Å²) >= 11 is 1.70. The van der Waals surface area contributed by atoms with Gasteiger partial charge in [-0.15, -0.1) is 11.8 Å². The summed E-state index contributed by atoms with van der Waals surface area (Å²) in [6, 6.07) is 8.23. The van der Waals surface area contributed by atoms with Crippen LogP contribution >= 0.6 is 11.8 Å². The quantitative estimate of drug-likeness (QED) is 0.824. The molecule has 0 aliphatic rings. The zero-order chi connectivity index (χ0) is 11.4. The number of nitrogens with zero attached hydrogens (tertiary/aromatic N) is 2. The first-order valence-electron chi connectivity index (χ1n) is 5.14. The van der Waals surface area contributed by atoms with Crippen molar-refractivity contribution in [3.05, 3.63) is 42.4 Å². The lowest BCUT2D eigenvalue weighted by Gasteiger charge is -2.06. The normalized spacial score (nSPS) is 10.4. The van der Waals surface area contributed by atoms with E-state index in [-0.39, 0.29) is 0 Å². The summed E-state index contributed by atoms with van der Waals surface area (Å²) in [4.78, 5) is 5.52. The molecule has 2 heterocycles. The lowest BCUT2D eigenvalue weighted by Crippen LogP contribution is -2.04. The number of thioether (sulfide) groups is 1. The van der Waals surface area contributed by atoms with Gasteiger partial charge >= 0.3 is 0 Å². The van der Waals surface area contributed by atoms with Crippen molar-refractivity contribution >= 4 is 17.6 Å². The third kappa shape index (κ3) is 2.58. The second-order valence-corrected chi connectivity index (χ2v) is 4.43. The van der Waals surface area contributed by atoms with E-state index in [1.165, 1.54) is 10.6 Å². The molecule has 0 fully saturated rings. The van der Waals surface area contributed by atoms with Crippen molar-refractivity contribution in [3.63, 3.8) is 0 Å². The predicted octanol–water partition coefficient (Wildman–Crippen LogP) is 2.75. The van der Waals surface area contributed by atoms with Gasteiger partial charge in [0.2, 0.25) is 0 Å². The molecule has 84 valence electrons. The van der Waals surface area contributed by atoms with Gasteiger partial charge in [-0.1, -0.05) is 0 Å². The van der Waals surface area contributed by atoms with Gasteiger partial charge in [0, 0.05) is 30.0 Å². The molecule has 0 saturated carbocycles. The molecule has 16 heavy (non-hydrogen) atoms. The molecule has 0 radical (unpaired) electrons. The summed E-state index contributed by atoms with van der Waals surface area (Å²) < 4.78 is 2.10. The van der Waals surface area contributed by atoms with Gasteiger partial charge < -0.3 is 9.88 Å². The Labute approximate surface area is 99.9 Å². The van der Waals surface area contributed by atoms with E-state index >= 15 is 0 Å². The zero-order valence-corrected chi connectivity index (χ0v) is 10.3. The number of hydrogen-bond donors (Lipinski definition) is 1. The standard InChI is InChI=1S/C12H15N3S/c1-15-7-3-4-10(15)8-13-12-6-5-11(16-2)9-14-12/h3-7,9H,8H2,1-2H3,(H,13,14). The van der Waals surface area contributed by atoms with Crippen LogP contribution in [0.3, 0.4) is 0 Å². The van der Waals surface area contributed by atoms with Crippen molar-refractivity contribution in [2.24, 2.45) is 7.05 Å². The molecular formula is C12H15N3S. The van der Waals surface area contributed by atoms with E-state index in [1.54, 1.807) is 11.8 Å². The number of aromatic nitrogens is 2. The molecule has 0 aromatic carbocycles. The monoisotopic (exact) mass is 233 g/mol. The van der Waals surface area contributed by atoms with Gasteiger partial charge in [0.05, 0.1) is 6.54 Å². The molecule has 1 N–H and O–H groups in total. The largest absolute Gasteiger partial charge is 0.365 e. The van der Waals surface area contributed by atoms with Gasteiger partial charge in [0.15, 0.2) is 0 Å². The van der Waals surface area contributed by atoms with Crippen LogP contribution in [-0.4, -0.2) is 15.8 Å². The Kier molecular flexibility index (Phi) is 3.51. The van der Waals surface area contributed by atoms with E-state index in [0.29, 0.717) is 0 Å². The number of aryl methyl sites for hydroxylation is 1. The molecule has 0 amide bonds. The van der Waals surface area contributed by atoms with Crippen LogP contribution < -0.4 is 5.32 Å². The summed E-state index contributed by atoms with van der Waals surface area (Å²) in [5, 5.41) is 3.30. The summed E-state index contributed by atoms with van der Waals surface area (Å²) in [7, 11) is 2.04. The van der Waals surface area contributed by atoms with Crippen LogP contribution in [0.2, 0.25) is 0 Å². The lowest BCUT2D eigenvalue weighted by molar-refractivity contribution is 0.840. The number of pyridine rings is 1. The van der Waals surface area contributed by atoms with Gasteiger partial charge in [0.25, 0.3) is 0 Å². The summed E-state index contributed by atoms with van der Waals surface area (Å²) in [5.74, 6) is 0.916. The van der Waals surface area contributed by atoms with Crippen LogP contribution in [0.1, 0.15) is 5.69 Å². The molecular weight excluding hydrogens is 218 g/mol. The fourth-order valence-corrected chi connectivity index (χ4v) is 1.83. The van der Waals surface area contributed by atoms with E-state index in [0.717, 1.165) is 12.4 Å². The number of nitrogens with one attached hydrogen (secondary N) is 1. The molecule has 0 atom stereocenters. The molecule has 0 saturated heterocycles. The predicted molar refractivity (Wildman–Crippen MR) is 68.8 cm³/mol. The van der Waals surface area contributed by atoms with Crippen LogP contribution in [0.5, 0.6) is 0 Å². The molecule has 0 aliphatic carbocycles. The smallest absolute Gasteiger partial charge is 0.126 e. The van der Waals surface area contributed by atoms with Gasteiger partial charge in [-0.05, 0) is 30.5 Å². The maximum absolute atomic E-state index is 4.34. The highest BCUT2D eigenvalue weighted by Gasteiger charge is 1.98. The zero-order valence-electron chi connectivity index (χ0n) is 9.47. The van der Waals surface area contributed by atoms with E-state index in [1.807, 2.05) is 37.8 Å². The first kappa shape index (κ1) is 11.1. The van der Waals surface area contributed by atoms with E-state index in [2.05, 4.69) is 27.0 Å². The summed E-state index contributed by atoms with van der Waals surface area (Å²) in [6.07, 6.45) is 5.98. The van der Waals surface area contributed by atoms with E-state index in [9.17, 15) is 0 Å². The van der Waals surface area contributed by atoms with Crippen LogP contribution in [0.4, 0.5) is 5.82 Å². The van der Waals surface area contributed by atoms with Crippen molar-refractivity contribution in [1.82, 2.24) is 9.55 Å². The topological polar surface area (TPSA) is 29.9 Å². The Morgan fingerprint density at radius 2 is 2.25 bits per heavy atom. The summed E-state index contributed by atoms with van der Waals surface area (Å²) in [6.45, 7) is 0.801. The van der Waals surface area contributed by atoms with Crippen LogP contribution in [0.25, 0.3) is 0 Å². The Bertz CT molecular complexity index is 448. The minimum absolute atomic E-state index is 0.801. The molecule has 0 aliphatic heterocycles. The van der Waals surface area contributed by atoms with Crippen LogP contribution in [0.15, 0.2) is 41.6 Å². The Morgan fingerprint density at radius 1 is 1.38 bits per heavy atom. The molecule has 2 aromatic rings. The minimum Gasteiger partial charge on any atom is -0.365 e. The van der Waals surface area contributed by atoms with Gasteiger partial charge in [-0.3, -0.25) is 0 Å². The first-order valence-corrected chi connectivity index (χ1v) is 6.36. The Morgan fingerprint density at radius 3 is 2.81 bits per heavy atom. The third-order valence-corrected chi connectivity index (χ3v) is 3.19. The van der Waals surface area contributed by atoms with Crippen molar-refractivity contribution in [3.8, 4) is 0 Å². The second-order valence-electron chi connectivity index (χ2n) is 3.55. The van der Waals surface area contributed by atoms with Crippen molar-refractivity contribution in [2.45, 2.75) is 11.4 Å². The van der Waals surface area contributed by atoms with E-state index < -0.39 is 0 Å². The van der Waals surface area contributed by atoms with Gasteiger partial charge in [-0.2, -0.15) is 0 Å². The molecule has 2 aromatic heterocycles. The molecule has 4 heteroatoms. The average Bonchev–Trinajstić information content (AvgIpc) is 2.73. The molecule has 2 rings (SSSR count). The number of rotatable bonds is 4. The molecule has 0 spiro atoms. The Hall–Kier alpha value is -1.42. The first-order chi connectivity index (χ1) is 7.79. The third-order valence-electron chi connectivity index (χ3n) is 2.47. The fraction of sp³-hybridized carbons (Fsp3) is 0.250. The van der Waals surface area contributed by atoms with Crippen molar-refractivity contribution < 1.29 is 0 Å². The molecule has 0 unspecified atom stereocenters. The lowest BCUT2D eigenvalue weighted by atomic mass is 10.4. The highest BCUT2D eigenvalue weighted by molar-refractivity contribution is 7.98. The highest BCUT2D eigenvalue weighted by atomic mass is 32.2. The van der Waals surface area contributed by atoms with Crippen molar-refractivity contribution in [2.75, 3.05) is 11.6 Å². The van der Waals surface area contributed by atoms with Crippen LogP contribution in [-0.2, 0) is 13.6 Å². The number of anilines is 1. The Balaban J connectivity index is 1.97. The van der Waals surface area contributed by atoms with Gasteiger partial charge in [0.1, 0.15) is 5.82 Å². The highest BCUT2D eigenvalue weighted by Crippen LogP contribution is 2.15. The minimum atomic E-state index is 0.801. The molecule has 0 bridgehead atoms. The average molecular weight is 233 g/mol. The van der Waals surface area contributed by atoms with Crippen LogP contribution in [0, 0.1) is 0 Å². The fourth-order valence-electron chi connectivity index (χ4n) is 1.47.